The fraction of sp³-hybridized carbons (Fsp3) is 0.318. The van der Waals surface area contributed by atoms with Gasteiger partial charge in [0.05, 0.1) is 34.2 Å². The summed E-state index contributed by atoms with van der Waals surface area (Å²) in [5.74, 6) is -2.18. The zero-order valence-corrected chi connectivity index (χ0v) is 17.9. The van der Waals surface area contributed by atoms with E-state index in [4.69, 9.17) is 32.7 Å². The molecular weight excluding hydrogens is 441 g/mol. The average Bonchev–Trinajstić information content (AvgIpc) is 3.24. The van der Waals surface area contributed by atoms with Gasteiger partial charge in [-0.2, -0.15) is 0 Å². The van der Waals surface area contributed by atoms with Crippen LogP contribution < -0.4 is 4.90 Å². The number of hydrogen-bond donors (Lipinski definition) is 1. The molecule has 0 aliphatic carbocycles. The maximum absolute atomic E-state index is 12.1. The Hall–Kier alpha value is -2.45. The number of aliphatic carboxylic acids is 1. The summed E-state index contributed by atoms with van der Waals surface area (Å²) in [5, 5.41) is 11.6. The molecule has 0 saturated carbocycles. The van der Waals surface area contributed by atoms with Crippen LogP contribution in [0.15, 0.2) is 42.7 Å². The summed E-state index contributed by atoms with van der Waals surface area (Å²) in [7, 11) is 0. The van der Waals surface area contributed by atoms with Crippen molar-refractivity contribution >= 4 is 45.9 Å². The minimum atomic E-state index is -1.07. The van der Waals surface area contributed by atoms with Crippen molar-refractivity contribution in [3.8, 4) is 11.1 Å². The lowest BCUT2D eigenvalue weighted by atomic mass is 9.90. The van der Waals surface area contributed by atoms with E-state index < -0.39 is 17.7 Å². The van der Waals surface area contributed by atoms with Gasteiger partial charge in [0, 0.05) is 19.5 Å². The largest absolute Gasteiger partial charge is 0.481 e. The normalized spacial score (nSPS) is 20.5. The molecule has 0 amide bonds. The number of rotatable bonds is 3. The molecule has 2 fully saturated rings. The minimum absolute atomic E-state index is 0.219. The summed E-state index contributed by atoms with van der Waals surface area (Å²) in [6, 6.07) is 11.2. The summed E-state index contributed by atoms with van der Waals surface area (Å²) < 4.78 is 11.5. The number of benzene rings is 2. The quantitative estimate of drug-likeness (QED) is 0.625. The fourth-order valence-corrected chi connectivity index (χ4v) is 4.73. The number of aromatic nitrogens is 2. The first-order valence-corrected chi connectivity index (χ1v) is 10.7. The highest BCUT2D eigenvalue weighted by atomic mass is 35.5. The van der Waals surface area contributed by atoms with Gasteiger partial charge in [0.25, 0.3) is 0 Å². The second-order valence-corrected chi connectivity index (χ2v) is 8.44. The smallest absolute Gasteiger partial charge is 0.313 e. The third-order valence-electron chi connectivity index (χ3n) is 5.91. The van der Waals surface area contributed by atoms with E-state index >= 15 is 0 Å². The van der Waals surface area contributed by atoms with Gasteiger partial charge in [-0.3, -0.25) is 4.79 Å². The van der Waals surface area contributed by atoms with E-state index in [-0.39, 0.29) is 6.54 Å². The Kier molecular flexibility index (Phi) is 5.22. The first-order chi connectivity index (χ1) is 15.0. The van der Waals surface area contributed by atoms with Gasteiger partial charge in [-0.25, -0.2) is 9.97 Å². The molecule has 3 heterocycles. The summed E-state index contributed by atoms with van der Waals surface area (Å²) in [6.45, 7) is 1.58. The van der Waals surface area contributed by atoms with Crippen LogP contribution in [0, 0.1) is 5.92 Å². The highest BCUT2D eigenvalue weighted by molar-refractivity contribution is 6.42. The molecule has 1 unspecified atom stereocenters. The van der Waals surface area contributed by atoms with Crippen LogP contribution in [0.25, 0.3) is 22.0 Å². The van der Waals surface area contributed by atoms with Crippen molar-refractivity contribution in [2.24, 2.45) is 5.92 Å². The molecule has 31 heavy (non-hydrogen) atoms. The van der Waals surface area contributed by atoms with Crippen LogP contribution in [0.1, 0.15) is 6.42 Å². The van der Waals surface area contributed by atoms with E-state index in [1.165, 1.54) is 6.33 Å². The van der Waals surface area contributed by atoms with E-state index in [0.717, 1.165) is 22.0 Å². The standard InChI is InChI=1S/C22H19Cl2N3O4/c23-16-5-4-13(10-17(16)24)14-2-1-3-18-19(14)20(26-12-25-18)27-7-6-22(30-8-9-31-22)15(11-27)21(28)29/h1-5,10,12,15H,6-9,11H2,(H,28,29). The molecule has 2 aliphatic rings. The number of halogens is 2. The van der Waals surface area contributed by atoms with Crippen molar-refractivity contribution in [2.45, 2.75) is 12.2 Å². The van der Waals surface area contributed by atoms with Crippen molar-refractivity contribution in [3.05, 3.63) is 52.8 Å². The first-order valence-electron chi connectivity index (χ1n) is 9.93. The monoisotopic (exact) mass is 459 g/mol. The number of hydrogen-bond acceptors (Lipinski definition) is 6. The Morgan fingerprint density at radius 3 is 2.68 bits per heavy atom. The number of anilines is 1. The van der Waals surface area contributed by atoms with Crippen LogP contribution in [-0.4, -0.2) is 53.1 Å². The van der Waals surface area contributed by atoms with Crippen LogP contribution in [0.3, 0.4) is 0 Å². The predicted molar refractivity (Wildman–Crippen MR) is 118 cm³/mol. The zero-order chi connectivity index (χ0) is 21.6. The number of carboxylic acids is 1. The Morgan fingerprint density at radius 1 is 1.13 bits per heavy atom. The van der Waals surface area contributed by atoms with Crippen LogP contribution >= 0.6 is 23.2 Å². The second kappa shape index (κ2) is 7.91. The van der Waals surface area contributed by atoms with Crippen molar-refractivity contribution < 1.29 is 19.4 Å². The molecule has 0 radical (unpaired) electrons. The molecular formula is C22H19Cl2N3O4. The van der Waals surface area contributed by atoms with E-state index in [9.17, 15) is 9.90 Å². The van der Waals surface area contributed by atoms with Crippen LogP contribution in [-0.2, 0) is 14.3 Å². The van der Waals surface area contributed by atoms with Crippen LogP contribution in [0.2, 0.25) is 10.0 Å². The molecule has 1 spiro atoms. The van der Waals surface area contributed by atoms with E-state index in [1.54, 1.807) is 12.1 Å². The lowest BCUT2D eigenvalue weighted by Gasteiger charge is -2.42. The lowest BCUT2D eigenvalue weighted by Crippen LogP contribution is -2.56. The lowest BCUT2D eigenvalue weighted by molar-refractivity contribution is -0.212. The SMILES string of the molecule is O=C(O)C1CN(c2ncnc3cccc(-c4ccc(Cl)c(Cl)c4)c23)CCC12OCCO2. The number of fused-ring (bicyclic) bond motifs is 1. The molecule has 2 aromatic carbocycles. The predicted octanol–water partition coefficient (Wildman–Crippen LogP) is 4.26. The molecule has 1 aromatic heterocycles. The summed E-state index contributed by atoms with van der Waals surface area (Å²) in [4.78, 5) is 23.0. The molecule has 160 valence electrons. The number of nitrogens with zero attached hydrogens (tertiary/aromatic N) is 3. The molecule has 2 aliphatic heterocycles. The maximum Gasteiger partial charge on any atom is 0.313 e. The van der Waals surface area contributed by atoms with Crippen LogP contribution in [0.4, 0.5) is 5.82 Å². The number of carbonyl (C=O) groups is 1. The number of ether oxygens (including phenoxy) is 2. The molecule has 1 N–H and O–H groups in total. The molecule has 3 aromatic rings. The third-order valence-corrected chi connectivity index (χ3v) is 6.65. The highest BCUT2D eigenvalue weighted by Gasteiger charge is 2.52. The number of piperidine rings is 1. The number of carboxylic acid groups (broad SMARTS) is 1. The van der Waals surface area contributed by atoms with Gasteiger partial charge in [-0.05, 0) is 29.3 Å². The summed E-state index contributed by atoms with van der Waals surface area (Å²) in [6.07, 6.45) is 1.93. The van der Waals surface area contributed by atoms with Gasteiger partial charge in [0.2, 0.25) is 0 Å². The van der Waals surface area contributed by atoms with E-state index in [0.29, 0.717) is 42.0 Å². The van der Waals surface area contributed by atoms with Gasteiger partial charge in [-0.15, -0.1) is 0 Å². The summed E-state index contributed by atoms with van der Waals surface area (Å²) in [5.41, 5.74) is 2.53. The van der Waals surface area contributed by atoms with Crippen molar-refractivity contribution in [1.29, 1.82) is 0 Å². The molecule has 7 nitrogen and oxygen atoms in total. The molecule has 9 heteroatoms. The van der Waals surface area contributed by atoms with Crippen molar-refractivity contribution in [3.63, 3.8) is 0 Å². The molecule has 1 atom stereocenters. The Morgan fingerprint density at radius 2 is 1.94 bits per heavy atom. The third kappa shape index (κ3) is 3.51. The van der Waals surface area contributed by atoms with Crippen molar-refractivity contribution in [2.75, 3.05) is 31.2 Å². The molecule has 5 rings (SSSR count). The van der Waals surface area contributed by atoms with Gasteiger partial charge < -0.3 is 19.5 Å². The Balaban J connectivity index is 1.61. The Labute approximate surface area is 188 Å². The topological polar surface area (TPSA) is 84.8 Å². The first kappa shape index (κ1) is 20.5. The maximum atomic E-state index is 12.1. The second-order valence-electron chi connectivity index (χ2n) is 7.62. The zero-order valence-electron chi connectivity index (χ0n) is 16.4. The van der Waals surface area contributed by atoms with Gasteiger partial charge in [0.1, 0.15) is 18.1 Å². The highest BCUT2D eigenvalue weighted by Crippen LogP contribution is 2.41. The minimum Gasteiger partial charge on any atom is -0.481 e. The fourth-order valence-electron chi connectivity index (χ4n) is 4.43. The van der Waals surface area contributed by atoms with Crippen LogP contribution in [0.5, 0.6) is 0 Å². The van der Waals surface area contributed by atoms with Gasteiger partial charge in [0.15, 0.2) is 5.79 Å². The average molecular weight is 460 g/mol. The molecule has 2 saturated heterocycles. The van der Waals surface area contributed by atoms with Gasteiger partial charge >= 0.3 is 5.97 Å². The Bertz CT molecular complexity index is 1160. The summed E-state index contributed by atoms with van der Waals surface area (Å²) >= 11 is 12.4. The van der Waals surface area contributed by atoms with E-state index in [1.807, 2.05) is 29.2 Å². The van der Waals surface area contributed by atoms with Crippen molar-refractivity contribution in [1.82, 2.24) is 9.97 Å². The van der Waals surface area contributed by atoms with Gasteiger partial charge in [-0.1, -0.05) is 41.4 Å². The molecule has 0 bridgehead atoms. The van der Waals surface area contributed by atoms with E-state index in [2.05, 4.69) is 9.97 Å².